The van der Waals surface area contributed by atoms with Crippen molar-refractivity contribution in [3.8, 4) is 11.3 Å². The van der Waals surface area contributed by atoms with Crippen molar-refractivity contribution in [2.45, 2.75) is 13.8 Å². The van der Waals surface area contributed by atoms with E-state index in [1.807, 2.05) is 30.3 Å². The van der Waals surface area contributed by atoms with Crippen molar-refractivity contribution in [2.75, 3.05) is 0 Å². The van der Waals surface area contributed by atoms with Crippen LogP contribution in [0.3, 0.4) is 0 Å². The molecule has 0 aliphatic heterocycles. The SMILES string of the molecule is Cc1coc(-c2ccccc2)c(C)c1=O. The quantitative estimate of drug-likeness (QED) is 0.708. The molecule has 0 bridgehead atoms. The summed E-state index contributed by atoms with van der Waals surface area (Å²) < 4.78 is 5.46. The van der Waals surface area contributed by atoms with Crippen LogP contribution in [0.4, 0.5) is 0 Å². The zero-order valence-corrected chi connectivity index (χ0v) is 8.78. The standard InChI is InChI=1S/C13H12O2/c1-9-8-15-13(10(2)12(9)14)11-6-4-3-5-7-11/h3-8H,1-2H3. The van der Waals surface area contributed by atoms with Crippen LogP contribution in [-0.2, 0) is 0 Å². The Balaban J connectivity index is 2.66. The molecule has 0 saturated heterocycles. The second-order valence-corrected chi connectivity index (χ2v) is 3.57. The fourth-order valence-electron chi connectivity index (χ4n) is 1.56. The van der Waals surface area contributed by atoms with Crippen molar-refractivity contribution in [1.82, 2.24) is 0 Å². The lowest BCUT2D eigenvalue weighted by Gasteiger charge is -2.04. The number of hydrogen-bond acceptors (Lipinski definition) is 2. The minimum atomic E-state index is 0.0557. The van der Waals surface area contributed by atoms with E-state index in [4.69, 9.17) is 4.42 Å². The van der Waals surface area contributed by atoms with Crippen LogP contribution in [0.25, 0.3) is 11.3 Å². The van der Waals surface area contributed by atoms with Gasteiger partial charge in [-0.15, -0.1) is 0 Å². The highest BCUT2D eigenvalue weighted by atomic mass is 16.3. The Morgan fingerprint density at radius 3 is 2.40 bits per heavy atom. The summed E-state index contributed by atoms with van der Waals surface area (Å²) in [7, 11) is 0. The van der Waals surface area contributed by atoms with E-state index in [0.717, 1.165) is 5.56 Å². The van der Waals surface area contributed by atoms with Crippen LogP contribution in [-0.4, -0.2) is 0 Å². The number of benzene rings is 1. The highest BCUT2D eigenvalue weighted by Gasteiger charge is 2.08. The summed E-state index contributed by atoms with van der Waals surface area (Å²) in [6.45, 7) is 3.55. The molecule has 0 atom stereocenters. The third-order valence-corrected chi connectivity index (χ3v) is 2.43. The molecule has 0 N–H and O–H groups in total. The smallest absolute Gasteiger partial charge is 0.191 e. The summed E-state index contributed by atoms with van der Waals surface area (Å²) in [5, 5.41) is 0. The first-order valence-electron chi connectivity index (χ1n) is 4.84. The number of aryl methyl sites for hydroxylation is 1. The zero-order valence-electron chi connectivity index (χ0n) is 8.78. The van der Waals surface area contributed by atoms with E-state index in [2.05, 4.69) is 0 Å². The topological polar surface area (TPSA) is 30.2 Å². The van der Waals surface area contributed by atoms with Crippen LogP contribution < -0.4 is 5.43 Å². The van der Waals surface area contributed by atoms with Gasteiger partial charge in [-0.3, -0.25) is 4.79 Å². The van der Waals surface area contributed by atoms with Crippen LogP contribution in [0.2, 0.25) is 0 Å². The van der Waals surface area contributed by atoms with Crippen molar-refractivity contribution in [3.05, 3.63) is 57.9 Å². The second-order valence-electron chi connectivity index (χ2n) is 3.57. The molecule has 1 aromatic carbocycles. The average Bonchev–Trinajstić information content (AvgIpc) is 2.27. The summed E-state index contributed by atoms with van der Waals surface area (Å²) in [6, 6.07) is 9.65. The van der Waals surface area contributed by atoms with Crippen molar-refractivity contribution in [1.29, 1.82) is 0 Å². The van der Waals surface area contributed by atoms with E-state index >= 15 is 0 Å². The van der Waals surface area contributed by atoms with E-state index in [1.165, 1.54) is 6.26 Å². The maximum Gasteiger partial charge on any atom is 0.191 e. The molecular weight excluding hydrogens is 188 g/mol. The van der Waals surface area contributed by atoms with Crippen LogP contribution in [0.1, 0.15) is 11.1 Å². The summed E-state index contributed by atoms with van der Waals surface area (Å²) in [6.07, 6.45) is 1.51. The molecule has 0 aliphatic rings. The molecule has 2 nitrogen and oxygen atoms in total. The molecule has 0 fully saturated rings. The minimum absolute atomic E-state index is 0.0557. The number of rotatable bonds is 1. The lowest BCUT2D eigenvalue weighted by atomic mass is 10.1. The summed E-state index contributed by atoms with van der Waals surface area (Å²) >= 11 is 0. The largest absolute Gasteiger partial charge is 0.464 e. The highest BCUT2D eigenvalue weighted by molar-refractivity contribution is 5.60. The van der Waals surface area contributed by atoms with Gasteiger partial charge in [0, 0.05) is 16.7 Å². The Hall–Kier alpha value is -1.83. The molecule has 76 valence electrons. The molecule has 0 saturated carbocycles. The molecule has 15 heavy (non-hydrogen) atoms. The fraction of sp³-hybridized carbons (Fsp3) is 0.154. The normalized spacial score (nSPS) is 10.3. The maximum absolute atomic E-state index is 11.7. The molecule has 1 heterocycles. The molecule has 2 rings (SSSR count). The summed E-state index contributed by atoms with van der Waals surface area (Å²) in [4.78, 5) is 11.7. The zero-order chi connectivity index (χ0) is 10.8. The maximum atomic E-state index is 11.7. The first-order valence-corrected chi connectivity index (χ1v) is 4.84. The minimum Gasteiger partial charge on any atom is -0.464 e. The fourth-order valence-corrected chi connectivity index (χ4v) is 1.56. The van der Waals surface area contributed by atoms with Gasteiger partial charge in [0.05, 0.1) is 6.26 Å². The third-order valence-electron chi connectivity index (χ3n) is 2.43. The van der Waals surface area contributed by atoms with Crippen molar-refractivity contribution >= 4 is 0 Å². The van der Waals surface area contributed by atoms with Crippen LogP contribution >= 0.6 is 0 Å². The molecule has 0 spiro atoms. The molecule has 0 amide bonds. The van der Waals surface area contributed by atoms with Crippen LogP contribution in [0.15, 0.2) is 45.8 Å². The average molecular weight is 200 g/mol. The van der Waals surface area contributed by atoms with Gasteiger partial charge in [-0.2, -0.15) is 0 Å². The predicted octanol–water partition coefficient (Wildman–Crippen LogP) is 2.92. The van der Waals surface area contributed by atoms with Crippen LogP contribution in [0, 0.1) is 13.8 Å². The van der Waals surface area contributed by atoms with Crippen molar-refractivity contribution in [3.63, 3.8) is 0 Å². The Bertz CT molecular complexity index is 524. The molecule has 1 aromatic heterocycles. The van der Waals surface area contributed by atoms with Gasteiger partial charge in [0.15, 0.2) is 5.43 Å². The molecule has 0 unspecified atom stereocenters. The number of hydrogen-bond donors (Lipinski definition) is 0. The first kappa shape index (κ1) is 9.71. The molecule has 2 heteroatoms. The molecule has 2 aromatic rings. The van der Waals surface area contributed by atoms with E-state index in [0.29, 0.717) is 16.9 Å². The Labute approximate surface area is 88.2 Å². The summed E-state index contributed by atoms with van der Waals surface area (Å²) in [5.74, 6) is 0.659. The van der Waals surface area contributed by atoms with E-state index in [-0.39, 0.29) is 5.43 Å². The van der Waals surface area contributed by atoms with Crippen molar-refractivity contribution < 1.29 is 4.42 Å². The van der Waals surface area contributed by atoms with Gasteiger partial charge < -0.3 is 4.42 Å². The lowest BCUT2D eigenvalue weighted by molar-refractivity contribution is 0.555. The van der Waals surface area contributed by atoms with Gasteiger partial charge in [-0.05, 0) is 13.8 Å². The Morgan fingerprint density at radius 2 is 1.73 bits per heavy atom. The highest BCUT2D eigenvalue weighted by Crippen LogP contribution is 2.20. The van der Waals surface area contributed by atoms with E-state index in [1.54, 1.807) is 13.8 Å². The van der Waals surface area contributed by atoms with Gasteiger partial charge in [0.25, 0.3) is 0 Å². The van der Waals surface area contributed by atoms with Gasteiger partial charge in [-0.25, -0.2) is 0 Å². The monoisotopic (exact) mass is 200 g/mol. The molecular formula is C13H12O2. The second kappa shape index (κ2) is 3.73. The van der Waals surface area contributed by atoms with Gasteiger partial charge in [-0.1, -0.05) is 30.3 Å². The van der Waals surface area contributed by atoms with Crippen molar-refractivity contribution in [2.24, 2.45) is 0 Å². The first-order chi connectivity index (χ1) is 7.20. The molecule has 0 radical (unpaired) electrons. The Morgan fingerprint density at radius 1 is 1.07 bits per heavy atom. The Kier molecular flexibility index (Phi) is 2.42. The van der Waals surface area contributed by atoms with E-state index < -0.39 is 0 Å². The van der Waals surface area contributed by atoms with Crippen LogP contribution in [0.5, 0.6) is 0 Å². The molecule has 0 aliphatic carbocycles. The van der Waals surface area contributed by atoms with Gasteiger partial charge >= 0.3 is 0 Å². The predicted molar refractivity (Wildman–Crippen MR) is 59.9 cm³/mol. The van der Waals surface area contributed by atoms with Gasteiger partial charge in [0.1, 0.15) is 5.76 Å². The summed E-state index contributed by atoms with van der Waals surface area (Å²) in [5.41, 5.74) is 2.31. The van der Waals surface area contributed by atoms with Gasteiger partial charge in [0.2, 0.25) is 0 Å². The lowest BCUT2D eigenvalue weighted by Crippen LogP contribution is -2.09. The third kappa shape index (κ3) is 1.71. The van der Waals surface area contributed by atoms with E-state index in [9.17, 15) is 4.79 Å².